The number of pyridine rings is 1. The molecule has 160 valence electrons. The van der Waals surface area contributed by atoms with E-state index in [1.165, 1.54) is 0 Å². The highest BCUT2D eigenvalue weighted by Gasteiger charge is 2.40. The Morgan fingerprint density at radius 3 is 2.50 bits per heavy atom. The van der Waals surface area contributed by atoms with Gasteiger partial charge in [0, 0.05) is 18.9 Å². The van der Waals surface area contributed by atoms with E-state index < -0.39 is 6.04 Å². The first kappa shape index (κ1) is 19.8. The average molecular weight is 426 g/mol. The summed E-state index contributed by atoms with van der Waals surface area (Å²) in [6, 6.07) is 20.4. The zero-order valence-electron chi connectivity index (χ0n) is 17.3. The molecule has 2 aliphatic heterocycles. The fraction of sp³-hybridized carbons (Fsp3) is 0.160. The van der Waals surface area contributed by atoms with Gasteiger partial charge in [0.15, 0.2) is 0 Å². The second-order valence-corrected chi connectivity index (χ2v) is 7.79. The molecule has 0 unspecified atom stereocenters. The molecule has 5 rings (SSSR count). The van der Waals surface area contributed by atoms with Gasteiger partial charge in [0.2, 0.25) is 0 Å². The number of ether oxygens (including phenoxy) is 1. The minimum absolute atomic E-state index is 0.0919. The summed E-state index contributed by atoms with van der Waals surface area (Å²) in [6.07, 6.45) is 3.44. The fourth-order valence-corrected chi connectivity index (χ4v) is 4.02. The number of hydrogen-bond donors (Lipinski definition) is 2. The maximum Gasteiger partial charge on any atom is 0.319 e. The topological polar surface area (TPSA) is 83.6 Å². The molecule has 7 nitrogen and oxygen atoms in total. The van der Waals surface area contributed by atoms with Gasteiger partial charge in [-0.2, -0.15) is 0 Å². The van der Waals surface area contributed by atoms with Crippen molar-refractivity contribution >= 4 is 11.9 Å². The van der Waals surface area contributed by atoms with Crippen molar-refractivity contribution in [2.24, 2.45) is 0 Å². The first-order chi connectivity index (χ1) is 15.7. The minimum Gasteiger partial charge on any atom is -0.489 e. The number of carbonyl (C=O) groups is 2. The van der Waals surface area contributed by atoms with Crippen molar-refractivity contribution < 1.29 is 14.3 Å². The molecule has 2 N–H and O–H groups in total. The number of amides is 3. The molecule has 1 aromatic heterocycles. The van der Waals surface area contributed by atoms with Gasteiger partial charge in [-0.25, -0.2) is 4.79 Å². The normalized spacial score (nSPS) is 17.6. The zero-order chi connectivity index (χ0) is 21.9. The SMILES string of the molecule is O=C1NC2=C(C(=O)N(Cc3cccnc3)C2)[C@@H](c2ccc(OCc3ccccc3)cc2)N1. The van der Waals surface area contributed by atoms with E-state index in [0.29, 0.717) is 31.0 Å². The molecule has 0 radical (unpaired) electrons. The van der Waals surface area contributed by atoms with Crippen molar-refractivity contribution in [3.63, 3.8) is 0 Å². The molecule has 7 heteroatoms. The summed E-state index contributed by atoms with van der Waals surface area (Å²) >= 11 is 0. The van der Waals surface area contributed by atoms with Crippen LogP contribution in [0.15, 0.2) is 90.4 Å². The molecule has 1 atom stereocenters. The second-order valence-electron chi connectivity index (χ2n) is 7.79. The number of hydrogen-bond acceptors (Lipinski definition) is 4. The number of carbonyl (C=O) groups excluding carboxylic acids is 2. The van der Waals surface area contributed by atoms with Crippen molar-refractivity contribution in [2.45, 2.75) is 19.2 Å². The van der Waals surface area contributed by atoms with Crippen molar-refractivity contribution in [1.82, 2.24) is 20.5 Å². The highest BCUT2D eigenvalue weighted by atomic mass is 16.5. The molecule has 0 bridgehead atoms. The van der Waals surface area contributed by atoms with Gasteiger partial charge in [-0.1, -0.05) is 48.5 Å². The second kappa shape index (κ2) is 8.55. The maximum atomic E-state index is 13.2. The summed E-state index contributed by atoms with van der Waals surface area (Å²) in [5.41, 5.74) is 4.08. The van der Waals surface area contributed by atoms with Crippen LogP contribution in [0.5, 0.6) is 5.75 Å². The highest BCUT2D eigenvalue weighted by molar-refractivity contribution is 6.01. The Labute approximate surface area is 185 Å². The molecule has 3 aromatic rings. The Morgan fingerprint density at radius 1 is 0.969 bits per heavy atom. The molecule has 32 heavy (non-hydrogen) atoms. The first-order valence-corrected chi connectivity index (χ1v) is 10.4. The van der Waals surface area contributed by atoms with E-state index in [4.69, 9.17) is 4.74 Å². The summed E-state index contributed by atoms with van der Waals surface area (Å²) in [7, 11) is 0. The average Bonchev–Trinajstić information content (AvgIpc) is 3.13. The lowest BCUT2D eigenvalue weighted by Gasteiger charge is -2.25. The van der Waals surface area contributed by atoms with Crippen molar-refractivity contribution in [3.05, 3.63) is 107 Å². The van der Waals surface area contributed by atoms with Gasteiger partial charge in [-0.15, -0.1) is 0 Å². The molecule has 3 amide bonds. The Morgan fingerprint density at radius 2 is 1.75 bits per heavy atom. The number of rotatable bonds is 6. The van der Waals surface area contributed by atoms with E-state index in [1.807, 2.05) is 66.7 Å². The molecule has 0 saturated carbocycles. The Kier molecular flexibility index (Phi) is 5.29. The number of nitrogens with zero attached hydrogens (tertiary/aromatic N) is 2. The standard InChI is InChI=1S/C25H22N4O3/c30-24-22-21(15-29(24)14-18-7-4-12-26-13-18)27-25(31)28-23(22)19-8-10-20(11-9-19)32-16-17-5-2-1-3-6-17/h1-13,23H,14-16H2,(H2,27,28,31)/t23-/m1/s1. The molecule has 2 aliphatic rings. The monoisotopic (exact) mass is 426 g/mol. The van der Waals surface area contributed by atoms with Gasteiger partial charge in [0.25, 0.3) is 5.91 Å². The first-order valence-electron chi connectivity index (χ1n) is 10.4. The lowest BCUT2D eigenvalue weighted by atomic mass is 9.96. The van der Waals surface area contributed by atoms with Gasteiger partial charge in [0.1, 0.15) is 12.4 Å². The van der Waals surface area contributed by atoms with Gasteiger partial charge < -0.3 is 20.3 Å². The smallest absolute Gasteiger partial charge is 0.319 e. The summed E-state index contributed by atoms with van der Waals surface area (Å²) in [6.45, 7) is 1.28. The molecular weight excluding hydrogens is 404 g/mol. The lowest BCUT2D eigenvalue weighted by Crippen LogP contribution is -2.44. The summed E-state index contributed by atoms with van der Waals surface area (Å²) in [5.74, 6) is 0.633. The zero-order valence-corrected chi connectivity index (χ0v) is 17.3. The van der Waals surface area contributed by atoms with Crippen molar-refractivity contribution in [3.8, 4) is 5.75 Å². The van der Waals surface area contributed by atoms with Crippen LogP contribution >= 0.6 is 0 Å². The molecule has 0 saturated heterocycles. The van der Waals surface area contributed by atoms with Crippen molar-refractivity contribution in [1.29, 1.82) is 0 Å². The Hall–Kier alpha value is -4.13. The van der Waals surface area contributed by atoms with Crippen LogP contribution in [0, 0.1) is 0 Å². The summed E-state index contributed by atoms with van der Waals surface area (Å²) in [5, 5.41) is 5.69. The van der Waals surface area contributed by atoms with Crippen LogP contribution in [-0.4, -0.2) is 28.4 Å². The van der Waals surface area contributed by atoms with Gasteiger partial charge >= 0.3 is 6.03 Å². The molecule has 2 aromatic carbocycles. The number of urea groups is 1. The third kappa shape index (κ3) is 4.05. The van der Waals surface area contributed by atoms with Crippen LogP contribution < -0.4 is 15.4 Å². The van der Waals surface area contributed by atoms with Crippen LogP contribution in [-0.2, 0) is 17.9 Å². The molecule has 0 fully saturated rings. The minimum atomic E-state index is -0.506. The van der Waals surface area contributed by atoms with E-state index in [-0.39, 0.29) is 11.9 Å². The van der Waals surface area contributed by atoms with Crippen LogP contribution in [0.1, 0.15) is 22.7 Å². The van der Waals surface area contributed by atoms with E-state index in [1.54, 1.807) is 17.3 Å². The van der Waals surface area contributed by atoms with Crippen LogP contribution in [0.2, 0.25) is 0 Å². The molecule has 3 heterocycles. The van der Waals surface area contributed by atoms with Crippen LogP contribution in [0.4, 0.5) is 4.79 Å². The van der Waals surface area contributed by atoms with Gasteiger partial charge in [-0.3, -0.25) is 9.78 Å². The van der Waals surface area contributed by atoms with Gasteiger partial charge in [0.05, 0.1) is 23.9 Å². The highest BCUT2D eigenvalue weighted by Crippen LogP contribution is 2.33. The van der Waals surface area contributed by atoms with E-state index in [2.05, 4.69) is 15.6 Å². The Bertz CT molecular complexity index is 1160. The number of aromatic nitrogens is 1. The van der Waals surface area contributed by atoms with E-state index in [0.717, 1.165) is 22.4 Å². The van der Waals surface area contributed by atoms with Gasteiger partial charge in [-0.05, 0) is 34.9 Å². The third-order valence-electron chi connectivity index (χ3n) is 5.58. The van der Waals surface area contributed by atoms with E-state index in [9.17, 15) is 9.59 Å². The number of nitrogens with one attached hydrogen (secondary N) is 2. The molecule has 0 aliphatic carbocycles. The van der Waals surface area contributed by atoms with Crippen LogP contribution in [0.25, 0.3) is 0 Å². The van der Waals surface area contributed by atoms with Crippen LogP contribution in [0.3, 0.4) is 0 Å². The predicted octanol–water partition coefficient (Wildman–Crippen LogP) is 3.31. The molecule has 0 spiro atoms. The maximum absolute atomic E-state index is 13.2. The van der Waals surface area contributed by atoms with E-state index >= 15 is 0 Å². The predicted molar refractivity (Wildman–Crippen MR) is 118 cm³/mol. The summed E-state index contributed by atoms with van der Waals surface area (Å²) in [4.78, 5) is 31.3. The van der Waals surface area contributed by atoms with Crippen molar-refractivity contribution in [2.75, 3.05) is 6.54 Å². The number of benzene rings is 2. The third-order valence-corrected chi connectivity index (χ3v) is 5.58. The largest absolute Gasteiger partial charge is 0.489 e. The summed E-state index contributed by atoms with van der Waals surface area (Å²) < 4.78 is 5.85. The Balaban J connectivity index is 1.32. The molecular formula is C25H22N4O3. The lowest BCUT2D eigenvalue weighted by molar-refractivity contribution is -0.126. The fourth-order valence-electron chi connectivity index (χ4n) is 4.02. The quantitative estimate of drug-likeness (QED) is 0.634.